The molecule has 2 aliphatic rings. The van der Waals surface area contributed by atoms with Crippen molar-refractivity contribution in [2.75, 3.05) is 32.8 Å². The zero-order valence-electron chi connectivity index (χ0n) is 13.9. The zero-order chi connectivity index (χ0) is 16.3. The molecule has 2 atom stereocenters. The molecule has 0 aromatic carbocycles. The number of hydrogen-bond acceptors (Lipinski definition) is 4. The highest BCUT2D eigenvalue weighted by Gasteiger charge is 2.42. The Morgan fingerprint density at radius 1 is 1.52 bits per heavy atom. The number of urea groups is 1. The first kappa shape index (κ1) is 16.7. The quantitative estimate of drug-likeness (QED) is 0.918. The number of piperidine rings is 1. The first-order valence-electron chi connectivity index (χ1n) is 8.41. The molecular weight excluding hydrogens is 312 g/mol. The molecule has 3 heterocycles. The van der Waals surface area contributed by atoms with Gasteiger partial charge in [0.25, 0.3) is 0 Å². The van der Waals surface area contributed by atoms with Crippen molar-refractivity contribution in [1.29, 1.82) is 0 Å². The van der Waals surface area contributed by atoms with Crippen molar-refractivity contribution in [3.05, 3.63) is 22.4 Å². The Kier molecular flexibility index (Phi) is 5.24. The molecule has 0 bridgehead atoms. The lowest BCUT2D eigenvalue weighted by Gasteiger charge is -2.39. The first-order chi connectivity index (χ1) is 11.1. The second-order valence-corrected chi connectivity index (χ2v) is 7.42. The Bertz CT molecular complexity index is 514. The molecule has 6 heteroatoms. The van der Waals surface area contributed by atoms with Crippen LogP contribution in [0.4, 0.5) is 4.79 Å². The molecule has 128 valence electrons. The maximum Gasteiger partial charge on any atom is 0.317 e. The van der Waals surface area contributed by atoms with Crippen molar-refractivity contribution in [3.8, 4) is 0 Å². The van der Waals surface area contributed by atoms with E-state index in [1.807, 2.05) is 11.8 Å². The third-order valence-corrected chi connectivity index (χ3v) is 5.68. The number of thiophene rings is 1. The summed E-state index contributed by atoms with van der Waals surface area (Å²) in [6.45, 7) is 7.63. The van der Waals surface area contributed by atoms with Crippen molar-refractivity contribution in [2.45, 2.75) is 38.4 Å². The van der Waals surface area contributed by atoms with Crippen molar-refractivity contribution >= 4 is 17.4 Å². The van der Waals surface area contributed by atoms with Gasteiger partial charge in [-0.05, 0) is 48.1 Å². The van der Waals surface area contributed by atoms with Crippen LogP contribution in [0.1, 0.15) is 38.2 Å². The third kappa shape index (κ3) is 3.87. The van der Waals surface area contributed by atoms with Gasteiger partial charge in [-0.3, -0.25) is 0 Å². The Labute approximate surface area is 142 Å². The Balaban J connectivity index is 1.51. The minimum absolute atomic E-state index is 0.0263. The zero-order valence-corrected chi connectivity index (χ0v) is 14.7. The molecule has 2 fully saturated rings. The molecule has 0 aliphatic carbocycles. The summed E-state index contributed by atoms with van der Waals surface area (Å²) in [5, 5.41) is 7.29. The fraction of sp³-hybridized carbons (Fsp3) is 0.706. The fourth-order valence-electron chi connectivity index (χ4n) is 3.38. The summed E-state index contributed by atoms with van der Waals surface area (Å²) >= 11 is 1.69. The fourth-order valence-corrected chi connectivity index (χ4v) is 4.16. The van der Waals surface area contributed by atoms with Crippen LogP contribution in [0.2, 0.25) is 0 Å². The lowest BCUT2D eigenvalue weighted by molar-refractivity contribution is -0.189. The van der Waals surface area contributed by atoms with Crippen LogP contribution in [-0.2, 0) is 9.47 Å². The van der Waals surface area contributed by atoms with E-state index >= 15 is 0 Å². The summed E-state index contributed by atoms with van der Waals surface area (Å²) in [5.74, 6) is 0.0618. The standard InChI is InChI=1S/C17H26N2O3S/c1-13(14-5-9-23-12-14)10-18-16(20)19-6-3-4-15(11-19)17(2)21-7-8-22-17/h5,9,12-13,15H,3-4,6-8,10-11H2,1-2H3,(H,18,20)/t13-,15+/m1/s1. The van der Waals surface area contributed by atoms with Crippen molar-refractivity contribution < 1.29 is 14.3 Å². The normalized spacial score (nSPS) is 25.3. The number of likely N-dealkylation sites (tertiary alicyclic amines) is 1. The number of rotatable bonds is 4. The van der Waals surface area contributed by atoms with E-state index in [0.29, 0.717) is 32.2 Å². The Hall–Kier alpha value is -1.11. The molecule has 0 unspecified atom stereocenters. The van der Waals surface area contributed by atoms with Crippen LogP contribution in [-0.4, -0.2) is 49.6 Å². The van der Waals surface area contributed by atoms with Crippen LogP contribution >= 0.6 is 11.3 Å². The number of nitrogens with zero attached hydrogens (tertiary/aromatic N) is 1. The topological polar surface area (TPSA) is 50.8 Å². The monoisotopic (exact) mass is 338 g/mol. The van der Waals surface area contributed by atoms with E-state index in [-0.39, 0.29) is 11.9 Å². The molecular formula is C17H26N2O3S. The number of carbonyl (C=O) groups excluding carboxylic acids is 1. The first-order valence-corrected chi connectivity index (χ1v) is 9.35. The van der Waals surface area contributed by atoms with Gasteiger partial charge in [-0.25, -0.2) is 4.79 Å². The summed E-state index contributed by atoms with van der Waals surface area (Å²) in [4.78, 5) is 14.4. The van der Waals surface area contributed by atoms with Crippen LogP contribution in [0.3, 0.4) is 0 Å². The minimum Gasteiger partial charge on any atom is -0.347 e. The van der Waals surface area contributed by atoms with Gasteiger partial charge in [0, 0.05) is 25.6 Å². The predicted octanol–water partition coefficient (Wildman–Crippen LogP) is 3.04. The molecule has 2 saturated heterocycles. The van der Waals surface area contributed by atoms with Gasteiger partial charge in [0.1, 0.15) is 0 Å². The van der Waals surface area contributed by atoms with Crippen molar-refractivity contribution in [3.63, 3.8) is 0 Å². The van der Waals surface area contributed by atoms with Crippen LogP contribution in [0, 0.1) is 5.92 Å². The van der Waals surface area contributed by atoms with Gasteiger partial charge in [0.05, 0.1) is 13.2 Å². The molecule has 3 rings (SSSR count). The third-order valence-electron chi connectivity index (χ3n) is 4.98. The lowest BCUT2D eigenvalue weighted by Crippen LogP contribution is -2.51. The molecule has 0 spiro atoms. The second-order valence-electron chi connectivity index (χ2n) is 6.64. The van der Waals surface area contributed by atoms with Gasteiger partial charge in [-0.15, -0.1) is 0 Å². The summed E-state index contributed by atoms with van der Waals surface area (Å²) in [7, 11) is 0. The van der Waals surface area contributed by atoms with Crippen LogP contribution in [0.15, 0.2) is 16.8 Å². The van der Waals surface area contributed by atoms with Gasteiger partial charge in [0.2, 0.25) is 0 Å². The van der Waals surface area contributed by atoms with E-state index in [9.17, 15) is 4.79 Å². The van der Waals surface area contributed by atoms with E-state index in [2.05, 4.69) is 29.1 Å². The summed E-state index contributed by atoms with van der Waals surface area (Å²) in [6.07, 6.45) is 2.05. The van der Waals surface area contributed by atoms with Gasteiger partial charge < -0.3 is 19.7 Å². The largest absolute Gasteiger partial charge is 0.347 e. The summed E-state index contributed by atoms with van der Waals surface area (Å²) < 4.78 is 11.6. The number of amides is 2. The van der Waals surface area contributed by atoms with Gasteiger partial charge in [-0.1, -0.05) is 6.92 Å². The number of hydrogen-bond donors (Lipinski definition) is 1. The molecule has 2 amide bonds. The van der Waals surface area contributed by atoms with Crippen molar-refractivity contribution in [1.82, 2.24) is 10.2 Å². The van der Waals surface area contributed by atoms with Gasteiger partial charge in [0.15, 0.2) is 5.79 Å². The van der Waals surface area contributed by atoms with Crippen molar-refractivity contribution in [2.24, 2.45) is 5.92 Å². The Morgan fingerprint density at radius 3 is 3.00 bits per heavy atom. The minimum atomic E-state index is -0.525. The SMILES string of the molecule is C[C@H](CNC(=O)N1CCC[C@H](C2(C)OCCO2)C1)c1ccsc1. The van der Waals surface area contributed by atoms with E-state index in [1.165, 1.54) is 5.56 Å². The lowest BCUT2D eigenvalue weighted by atomic mass is 9.90. The van der Waals surface area contributed by atoms with E-state index in [0.717, 1.165) is 19.4 Å². The summed E-state index contributed by atoms with van der Waals surface area (Å²) in [6, 6.07) is 2.15. The number of ether oxygens (including phenoxy) is 2. The number of carbonyl (C=O) groups is 1. The molecule has 1 aromatic rings. The van der Waals surface area contributed by atoms with Crippen LogP contribution < -0.4 is 5.32 Å². The smallest absolute Gasteiger partial charge is 0.317 e. The maximum absolute atomic E-state index is 12.5. The predicted molar refractivity (Wildman–Crippen MR) is 90.7 cm³/mol. The van der Waals surface area contributed by atoms with Crippen LogP contribution in [0.25, 0.3) is 0 Å². The molecule has 0 radical (unpaired) electrons. The number of nitrogens with one attached hydrogen (secondary N) is 1. The molecule has 0 saturated carbocycles. The van der Waals surface area contributed by atoms with E-state index in [1.54, 1.807) is 11.3 Å². The highest BCUT2D eigenvalue weighted by molar-refractivity contribution is 7.07. The highest BCUT2D eigenvalue weighted by Crippen LogP contribution is 2.34. The molecule has 1 aromatic heterocycles. The maximum atomic E-state index is 12.5. The highest BCUT2D eigenvalue weighted by atomic mass is 32.1. The second kappa shape index (κ2) is 7.20. The molecule has 23 heavy (non-hydrogen) atoms. The van der Waals surface area contributed by atoms with Gasteiger partial charge >= 0.3 is 6.03 Å². The average molecular weight is 338 g/mol. The average Bonchev–Trinajstić information content (AvgIpc) is 3.25. The van der Waals surface area contributed by atoms with E-state index in [4.69, 9.17) is 9.47 Å². The van der Waals surface area contributed by atoms with Gasteiger partial charge in [-0.2, -0.15) is 11.3 Å². The van der Waals surface area contributed by atoms with E-state index < -0.39 is 5.79 Å². The Morgan fingerprint density at radius 2 is 2.30 bits per heavy atom. The molecule has 2 aliphatic heterocycles. The van der Waals surface area contributed by atoms with Crippen LogP contribution in [0.5, 0.6) is 0 Å². The molecule has 5 nitrogen and oxygen atoms in total. The summed E-state index contributed by atoms with van der Waals surface area (Å²) in [5.41, 5.74) is 1.28. The molecule has 1 N–H and O–H groups in total.